The first-order chi connectivity index (χ1) is 8.22. The van der Waals surface area contributed by atoms with Gasteiger partial charge in [0.1, 0.15) is 11.5 Å². The van der Waals surface area contributed by atoms with Crippen molar-refractivity contribution in [2.45, 2.75) is 39.0 Å². The summed E-state index contributed by atoms with van der Waals surface area (Å²) in [6.07, 6.45) is 2.66. The van der Waals surface area contributed by atoms with E-state index in [0.717, 1.165) is 49.6 Å². The van der Waals surface area contributed by atoms with Crippen LogP contribution in [0.2, 0.25) is 0 Å². The lowest BCUT2D eigenvalue weighted by Gasteiger charge is -2.30. The first-order valence-corrected chi connectivity index (χ1v) is 6.26. The molecule has 2 heterocycles. The van der Waals surface area contributed by atoms with Crippen molar-refractivity contribution in [1.29, 1.82) is 0 Å². The Morgan fingerprint density at radius 2 is 2.18 bits per heavy atom. The quantitative estimate of drug-likeness (QED) is 0.866. The van der Waals surface area contributed by atoms with E-state index < -0.39 is 0 Å². The van der Waals surface area contributed by atoms with Crippen LogP contribution in [0.1, 0.15) is 29.9 Å². The summed E-state index contributed by atoms with van der Waals surface area (Å²) in [6, 6.07) is 2.10. The van der Waals surface area contributed by atoms with Gasteiger partial charge < -0.3 is 14.9 Å². The predicted octanol–water partition coefficient (Wildman–Crippen LogP) is 1.66. The summed E-state index contributed by atoms with van der Waals surface area (Å²) in [7, 11) is 1.80. The molecule has 0 bridgehead atoms. The fraction of sp³-hybridized carbons (Fsp3) is 0.692. The Balaban J connectivity index is 1.88. The fourth-order valence-corrected chi connectivity index (χ4v) is 2.39. The maximum atomic E-state index is 5.72. The number of furan rings is 1. The van der Waals surface area contributed by atoms with Gasteiger partial charge in [-0.05, 0) is 31.4 Å². The van der Waals surface area contributed by atoms with Crippen LogP contribution >= 0.6 is 0 Å². The molecule has 96 valence electrons. The number of hydrogen-bond acceptors (Lipinski definition) is 4. The van der Waals surface area contributed by atoms with Gasteiger partial charge in [0.05, 0.1) is 19.2 Å². The number of hydrogen-bond donors (Lipinski definition) is 1. The summed E-state index contributed by atoms with van der Waals surface area (Å²) >= 11 is 0. The van der Waals surface area contributed by atoms with E-state index in [1.807, 2.05) is 6.92 Å². The van der Waals surface area contributed by atoms with Crippen LogP contribution in [0.3, 0.4) is 0 Å². The molecule has 0 aromatic carbocycles. The average Bonchev–Trinajstić information content (AvgIpc) is 2.70. The van der Waals surface area contributed by atoms with Gasteiger partial charge in [-0.1, -0.05) is 0 Å². The standard InChI is InChI=1S/C13H22N2O2/c1-10-7-12(17-13(10)8-14)9-15-5-3-11(16-2)4-6-15/h7,11H,3-6,8-9,14H2,1-2H3. The molecular formula is C13H22N2O2. The van der Waals surface area contributed by atoms with Crippen molar-refractivity contribution in [3.05, 3.63) is 23.2 Å². The topological polar surface area (TPSA) is 51.6 Å². The molecule has 0 amide bonds. The first kappa shape index (κ1) is 12.6. The van der Waals surface area contributed by atoms with Gasteiger partial charge in [0.25, 0.3) is 0 Å². The molecule has 1 saturated heterocycles. The molecule has 2 N–H and O–H groups in total. The third-order valence-electron chi connectivity index (χ3n) is 3.50. The van der Waals surface area contributed by atoms with Crippen LogP contribution in [-0.4, -0.2) is 31.2 Å². The highest BCUT2D eigenvalue weighted by molar-refractivity contribution is 5.19. The minimum Gasteiger partial charge on any atom is -0.463 e. The molecule has 0 saturated carbocycles. The average molecular weight is 238 g/mol. The smallest absolute Gasteiger partial charge is 0.120 e. The van der Waals surface area contributed by atoms with Gasteiger partial charge in [-0.15, -0.1) is 0 Å². The SMILES string of the molecule is COC1CCN(Cc2cc(C)c(CN)o2)CC1. The van der Waals surface area contributed by atoms with Gasteiger partial charge in [0.15, 0.2) is 0 Å². The summed E-state index contributed by atoms with van der Waals surface area (Å²) in [5.41, 5.74) is 6.77. The zero-order chi connectivity index (χ0) is 12.3. The number of rotatable bonds is 4. The molecule has 2 rings (SSSR count). The van der Waals surface area contributed by atoms with Gasteiger partial charge in [-0.2, -0.15) is 0 Å². The van der Waals surface area contributed by atoms with Gasteiger partial charge in [-0.3, -0.25) is 4.90 Å². The Hall–Kier alpha value is -0.840. The van der Waals surface area contributed by atoms with Crippen molar-refractivity contribution < 1.29 is 9.15 Å². The molecule has 4 heteroatoms. The molecule has 17 heavy (non-hydrogen) atoms. The molecule has 1 aromatic rings. The maximum Gasteiger partial charge on any atom is 0.120 e. The molecule has 0 unspecified atom stereocenters. The molecular weight excluding hydrogens is 216 g/mol. The van der Waals surface area contributed by atoms with Crippen LogP contribution in [0.25, 0.3) is 0 Å². The first-order valence-electron chi connectivity index (χ1n) is 6.26. The molecule has 4 nitrogen and oxygen atoms in total. The molecule has 0 spiro atoms. The Kier molecular flexibility index (Phi) is 4.20. The number of nitrogens with zero attached hydrogens (tertiary/aromatic N) is 1. The summed E-state index contributed by atoms with van der Waals surface area (Å²) < 4.78 is 11.1. The highest BCUT2D eigenvalue weighted by atomic mass is 16.5. The van der Waals surface area contributed by atoms with E-state index in [2.05, 4.69) is 11.0 Å². The Labute approximate surface area is 103 Å². The number of aryl methyl sites for hydroxylation is 1. The van der Waals surface area contributed by atoms with Crippen LogP contribution < -0.4 is 5.73 Å². The van der Waals surface area contributed by atoms with Crippen molar-refractivity contribution in [2.75, 3.05) is 20.2 Å². The van der Waals surface area contributed by atoms with Crippen LogP contribution in [0.15, 0.2) is 10.5 Å². The molecule has 1 aliphatic heterocycles. The van der Waals surface area contributed by atoms with Crippen molar-refractivity contribution in [1.82, 2.24) is 4.90 Å². The lowest BCUT2D eigenvalue weighted by Crippen LogP contribution is -2.36. The van der Waals surface area contributed by atoms with Gasteiger partial charge >= 0.3 is 0 Å². The molecule has 0 radical (unpaired) electrons. The number of likely N-dealkylation sites (tertiary alicyclic amines) is 1. The Morgan fingerprint density at radius 3 is 2.71 bits per heavy atom. The summed E-state index contributed by atoms with van der Waals surface area (Å²) in [6.45, 7) is 5.58. The number of nitrogens with two attached hydrogens (primary N) is 1. The summed E-state index contributed by atoms with van der Waals surface area (Å²) in [5.74, 6) is 1.94. The second-order valence-corrected chi connectivity index (χ2v) is 4.73. The summed E-state index contributed by atoms with van der Waals surface area (Å²) in [4.78, 5) is 2.41. The lowest BCUT2D eigenvalue weighted by molar-refractivity contribution is 0.0369. The summed E-state index contributed by atoms with van der Waals surface area (Å²) in [5, 5.41) is 0. The normalized spacial score (nSPS) is 18.8. The monoisotopic (exact) mass is 238 g/mol. The van der Waals surface area contributed by atoms with Crippen molar-refractivity contribution in [2.24, 2.45) is 5.73 Å². The van der Waals surface area contributed by atoms with Crippen molar-refractivity contribution >= 4 is 0 Å². The molecule has 0 atom stereocenters. The van der Waals surface area contributed by atoms with E-state index >= 15 is 0 Å². The van der Waals surface area contributed by atoms with Gasteiger partial charge in [0, 0.05) is 20.2 Å². The highest BCUT2D eigenvalue weighted by Crippen LogP contribution is 2.19. The van der Waals surface area contributed by atoms with E-state index in [4.69, 9.17) is 14.9 Å². The predicted molar refractivity (Wildman–Crippen MR) is 66.6 cm³/mol. The lowest BCUT2D eigenvalue weighted by atomic mass is 10.1. The zero-order valence-corrected chi connectivity index (χ0v) is 10.7. The van der Waals surface area contributed by atoms with Crippen LogP contribution in [0.5, 0.6) is 0 Å². The largest absolute Gasteiger partial charge is 0.463 e. The highest BCUT2D eigenvalue weighted by Gasteiger charge is 2.19. The number of piperidine rings is 1. The maximum absolute atomic E-state index is 5.72. The van der Waals surface area contributed by atoms with Crippen molar-refractivity contribution in [3.8, 4) is 0 Å². The van der Waals surface area contributed by atoms with E-state index in [-0.39, 0.29) is 0 Å². The van der Waals surface area contributed by atoms with Crippen LogP contribution in [0.4, 0.5) is 0 Å². The van der Waals surface area contributed by atoms with Crippen LogP contribution in [0, 0.1) is 6.92 Å². The van der Waals surface area contributed by atoms with Crippen molar-refractivity contribution in [3.63, 3.8) is 0 Å². The minimum absolute atomic E-state index is 0.434. The molecule has 1 fully saturated rings. The van der Waals surface area contributed by atoms with Gasteiger partial charge in [0.2, 0.25) is 0 Å². The van der Waals surface area contributed by atoms with E-state index in [0.29, 0.717) is 12.6 Å². The number of ether oxygens (including phenoxy) is 1. The second-order valence-electron chi connectivity index (χ2n) is 4.73. The van der Waals surface area contributed by atoms with E-state index in [1.54, 1.807) is 7.11 Å². The minimum atomic E-state index is 0.434. The van der Waals surface area contributed by atoms with Gasteiger partial charge in [-0.25, -0.2) is 0 Å². The van der Waals surface area contributed by atoms with Crippen LogP contribution in [-0.2, 0) is 17.8 Å². The van der Waals surface area contributed by atoms with E-state index in [1.165, 1.54) is 0 Å². The number of methoxy groups -OCH3 is 1. The fourth-order valence-electron chi connectivity index (χ4n) is 2.39. The molecule has 0 aliphatic carbocycles. The third kappa shape index (κ3) is 3.09. The molecule has 1 aromatic heterocycles. The second kappa shape index (κ2) is 5.67. The third-order valence-corrected chi connectivity index (χ3v) is 3.50. The van der Waals surface area contributed by atoms with E-state index in [9.17, 15) is 0 Å². The zero-order valence-electron chi connectivity index (χ0n) is 10.7. The molecule has 1 aliphatic rings. The Morgan fingerprint density at radius 1 is 1.47 bits per heavy atom. The Bertz CT molecular complexity index is 354.